The zero-order valence-corrected chi connectivity index (χ0v) is 17.3. The topological polar surface area (TPSA) is 45.5 Å². The van der Waals surface area contributed by atoms with Crippen LogP contribution in [0.1, 0.15) is 24.0 Å². The lowest BCUT2D eigenvalue weighted by Gasteiger charge is -2.34. The first-order valence-corrected chi connectivity index (χ1v) is 10.7. The molecule has 4 aromatic rings. The van der Waals surface area contributed by atoms with Crippen LogP contribution in [0.5, 0.6) is 0 Å². The van der Waals surface area contributed by atoms with Crippen LogP contribution in [-0.4, -0.2) is 33.5 Å². The number of anilines is 1. The lowest BCUT2D eigenvalue weighted by atomic mass is 10.0. The van der Waals surface area contributed by atoms with Crippen molar-refractivity contribution >= 4 is 11.3 Å². The average Bonchev–Trinajstić information content (AvgIpc) is 3.22. The highest BCUT2D eigenvalue weighted by atomic mass is 15.1. The number of aryl methyl sites for hydroxylation is 1. The fourth-order valence-corrected chi connectivity index (χ4v) is 4.17. The van der Waals surface area contributed by atoms with Crippen molar-refractivity contribution in [2.24, 2.45) is 0 Å². The molecule has 0 radical (unpaired) electrons. The van der Waals surface area contributed by atoms with Crippen molar-refractivity contribution in [2.45, 2.75) is 32.4 Å². The van der Waals surface area contributed by atoms with Crippen LogP contribution >= 0.6 is 0 Å². The van der Waals surface area contributed by atoms with E-state index in [4.69, 9.17) is 4.98 Å². The Balaban J connectivity index is 1.20. The second-order valence-electron chi connectivity index (χ2n) is 8.15. The maximum Gasteiger partial charge on any atom is 0.137 e. The van der Waals surface area contributed by atoms with Gasteiger partial charge in [0, 0.05) is 61.7 Å². The lowest BCUT2D eigenvalue weighted by Crippen LogP contribution is -2.42. The third-order valence-corrected chi connectivity index (χ3v) is 5.96. The highest BCUT2D eigenvalue weighted by Crippen LogP contribution is 2.25. The Hall–Kier alpha value is -3.18. The molecule has 3 aromatic heterocycles. The molecule has 0 amide bonds. The molecule has 0 bridgehead atoms. The average molecular weight is 398 g/mol. The lowest BCUT2D eigenvalue weighted by molar-refractivity contribution is 0.414. The van der Waals surface area contributed by atoms with Gasteiger partial charge in [0.1, 0.15) is 5.65 Å². The standard InChI is InChI=1S/C25H27N5/c1-19-8-12-30-18-24(28-25(30)15-19)21-4-6-23(7-5-21)29-13-9-22(10-14-29)27-17-20-3-2-11-26-16-20/h2-8,11-12,15-16,18,22,27H,9-10,13-14,17H2,1H3. The molecule has 5 rings (SSSR count). The Morgan fingerprint density at radius 2 is 1.90 bits per heavy atom. The molecule has 1 aromatic carbocycles. The van der Waals surface area contributed by atoms with E-state index in [-0.39, 0.29) is 0 Å². The van der Waals surface area contributed by atoms with Crippen LogP contribution in [0.2, 0.25) is 0 Å². The SMILES string of the molecule is Cc1ccn2cc(-c3ccc(N4CCC(NCc5cccnc5)CC4)cc3)nc2c1. The van der Waals surface area contributed by atoms with Crippen LogP contribution < -0.4 is 10.2 Å². The van der Waals surface area contributed by atoms with E-state index in [0.717, 1.165) is 49.4 Å². The number of hydrogen-bond donors (Lipinski definition) is 1. The Labute approximate surface area is 177 Å². The van der Waals surface area contributed by atoms with Crippen molar-refractivity contribution in [2.75, 3.05) is 18.0 Å². The summed E-state index contributed by atoms with van der Waals surface area (Å²) in [6, 6.07) is 17.8. The molecular weight excluding hydrogens is 370 g/mol. The Morgan fingerprint density at radius 1 is 1.07 bits per heavy atom. The van der Waals surface area contributed by atoms with Crippen molar-refractivity contribution in [3.8, 4) is 11.3 Å². The third kappa shape index (κ3) is 4.07. The van der Waals surface area contributed by atoms with E-state index in [1.165, 1.54) is 16.8 Å². The number of fused-ring (bicyclic) bond motifs is 1. The number of nitrogens with one attached hydrogen (secondary N) is 1. The molecule has 0 atom stereocenters. The van der Waals surface area contributed by atoms with Crippen molar-refractivity contribution < 1.29 is 0 Å². The number of hydrogen-bond acceptors (Lipinski definition) is 4. The number of piperidine rings is 1. The maximum atomic E-state index is 4.78. The summed E-state index contributed by atoms with van der Waals surface area (Å²) in [5, 5.41) is 3.68. The summed E-state index contributed by atoms with van der Waals surface area (Å²) in [4.78, 5) is 11.5. The van der Waals surface area contributed by atoms with Crippen LogP contribution in [-0.2, 0) is 6.54 Å². The third-order valence-electron chi connectivity index (χ3n) is 5.96. The molecule has 1 N–H and O–H groups in total. The monoisotopic (exact) mass is 397 g/mol. The van der Waals surface area contributed by atoms with Gasteiger partial charge >= 0.3 is 0 Å². The van der Waals surface area contributed by atoms with E-state index >= 15 is 0 Å². The van der Waals surface area contributed by atoms with Gasteiger partial charge in [0.15, 0.2) is 0 Å². The van der Waals surface area contributed by atoms with Gasteiger partial charge < -0.3 is 14.6 Å². The number of rotatable bonds is 5. The highest BCUT2D eigenvalue weighted by Gasteiger charge is 2.19. The summed E-state index contributed by atoms with van der Waals surface area (Å²) >= 11 is 0. The second-order valence-corrected chi connectivity index (χ2v) is 8.15. The molecule has 0 saturated carbocycles. The molecule has 152 valence electrons. The molecule has 1 aliphatic heterocycles. The van der Waals surface area contributed by atoms with Gasteiger partial charge in [-0.1, -0.05) is 18.2 Å². The normalized spacial score (nSPS) is 15.0. The summed E-state index contributed by atoms with van der Waals surface area (Å²) in [6.07, 6.45) is 10.3. The Bertz CT molecular complexity index is 1110. The molecule has 1 aliphatic rings. The van der Waals surface area contributed by atoms with E-state index in [1.54, 1.807) is 0 Å². The van der Waals surface area contributed by atoms with Gasteiger partial charge in [-0.05, 0) is 61.2 Å². The van der Waals surface area contributed by atoms with E-state index in [9.17, 15) is 0 Å². The van der Waals surface area contributed by atoms with E-state index < -0.39 is 0 Å². The van der Waals surface area contributed by atoms with E-state index in [0.29, 0.717) is 6.04 Å². The Kier molecular flexibility index (Phi) is 5.20. The minimum atomic E-state index is 0.571. The van der Waals surface area contributed by atoms with E-state index in [1.807, 2.05) is 18.5 Å². The number of aromatic nitrogens is 3. The number of pyridine rings is 2. The van der Waals surface area contributed by atoms with Gasteiger partial charge in [-0.2, -0.15) is 0 Å². The van der Waals surface area contributed by atoms with Crippen molar-refractivity contribution in [3.05, 3.63) is 84.4 Å². The van der Waals surface area contributed by atoms with Crippen LogP contribution in [0.15, 0.2) is 73.3 Å². The summed E-state index contributed by atoms with van der Waals surface area (Å²) in [6.45, 7) is 5.15. The van der Waals surface area contributed by atoms with Crippen LogP contribution in [0.25, 0.3) is 16.9 Å². The summed E-state index contributed by atoms with van der Waals surface area (Å²) < 4.78 is 2.08. The first-order chi connectivity index (χ1) is 14.7. The molecule has 0 unspecified atom stereocenters. The van der Waals surface area contributed by atoms with Crippen LogP contribution in [0.3, 0.4) is 0 Å². The Morgan fingerprint density at radius 3 is 2.67 bits per heavy atom. The van der Waals surface area contributed by atoms with Gasteiger partial charge in [-0.3, -0.25) is 4.98 Å². The van der Waals surface area contributed by atoms with Gasteiger partial charge in [-0.25, -0.2) is 4.98 Å². The van der Waals surface area contributed by atoms with Crippen LogP contribution in [0, 0.1) is 6.92 Å². The maximum absolute atomic E-state index is 4.78. The number of benzene rings is 1. The van der Waals surface area contributed by atoms with Crippen LogP contribution in [0.4, 0.5) is 5.69 Å². The van der Waals surface area contributed by atoms with Gasteiger partial charge in [0.25, 0.3) is 0 Å². The second kappa shape index (κ2) is 8.28. The predicted molar refractivity (Wildman–Crippen MR) is 122 cm³/mol. The first kappa shape index (κ1) is 18.8. The molecule has 30 heavy (non-hydrogen) atoms. The molecular formula is C25H27N5. The van der Waals surface area contributed by atoms with Crippen molar-refractivity contribution in [1.29, 1.82) is 0 Å². The fraction of sp³-hybridized carbons (Fsp3) is 0.280. The minimum Gasteiger partial charge on any atom is -0.371 e. The summed E-state index contributed by atoms with van der Waals surface area (Å²) in [5.74, 6) is 0. The van der Waals surface area contributed by atoms with Crippen molar-refractivity contribution in [1.82, 2.24) is 19.7 Å². The smallest absolute Gasteiger partial charge is 0.137 e. The molecule has 1 saturated heterocycles. The first-order valence-electron chi connectivity index (χ1n) is 10.7. The summed E-state index contributed by atoms with van der Waals surface area (Å²) in [7, 11) is 0. The quantitative estimate of drug-likeness (QED) is 0.540. The largest absolute Gasteiger partial charge is 0.371 e. The van der Waals surface area contributed by atoms with Gasteiger partial charge in [0.2, 0.25) is 0 Å². The van der Waals surface area contributed by atoms with E-state index in [2.05, 4.69) is 81.4 Å². The number of nitrogens with zero attached hydrogens (tertiary/aromatic N) is 4. The molecule has 0 aliphatic carbocycles. The molecule has 5 heteroatoms. The highest BCUT2D eigenvalue weighted by molar-refractivity contribution is 5.65. The zero-order valence-electron chi connectivity index (χ0n) is 17.3. The zero-order chi connectivity index (χ0) is 20.3. The van der Waals surface area contributed by atoms with Gasteiger partial charge in [0.05, 0.1) is 5.69 Å². The molecule has 1 fully saturated rings. The molecule has 5 nitrogen and oxygen atoms in total. The fourth-order valence-electron chi connectivity index (χ4n) is 4.17. The summed E-state index contributed by atoms with van der Waals surface area (Å²) in [5.41, 5.74) is 6.95. The van der Waals surface area contributed by atoms with Crippen molar-refractivity contribution in [3.63, 3.8) is 0 Å². The number of imidazole rings is 1. The molecule has 4 heterocycles. The minimum absolute atomic E-state index is 0.571. The predicted octanol–water partition coefficient (Wildman–Crippen LogP) is 4.46. The molecule has 0 spiro atoms. The van der Waals surface area contributed by atoms with Gasteiger partial charge in [-0.15, -0.1) is 0 Å².